The first-order valence-corrected chi connectivity index (χ1v) is 8.55. The minimum absolute atomic E-state index is 0.771. The molecule has 0 heteroatoms. The molecule has 1 aromatic rings. The summed E-state index contributed by atoms with van der Waals surface area (Å²) in [7, 11) is 0. The predicted molar refractivity (Wildman–Crippen MR) is 92.7 cm³/mol. The van der Waals surface area contributed by atoms with Gasteiger partial charge in [-0.05, 0) is 104 Å². The van der Waals surface area contributed by atoms with E-state index < -0.39 is 0 Å². The Balaban J connectivity index is 2.50. The van der Waals surface area contributed by atoms with Gasteiger partial charge in [0.15, 0.2) is 0 Å². The van der Waals surface area contributed by atoms with E-state index in [1.165, 1.54) is 28.7 Å². The van der Waals surface area contributed by atoms with Gasteiger partial charge < -0.3 is 0 Å². The van der Waals surface area contributed by atoms with Crippen LogP contribution in [0.25, 0.3) is 11.1 Å². The quantitative estimate of drug-likeness (QED) is 0.669. The van der Waals surface area contributed by atoms with E-state index in [2.05, 4.69) is 55.4 Å². The van der Waals surface area contributed by atoms with Crippen LogP contribution in [0.2, 0.25) is 0 Å². The Morgan fingerprint density at radius 1 is 0.667 bits per heavy atom. The topological polar surface area (TPSA) is 0 Å². The predicted octanol–water partition coefficient (Wildman–Crippen LogP) is 4.18. The van der Waals surface area contributed by atoms with Gasteiger partial charge in [0.05, 0.1) is 0 Å². The van der Waals surface area contributed by atoms with E-state index in [1.807, 2.05) is 0 Å². The fraction of sp³-hybridized carbons (Fsp3) is 0.619. The number of hydrogen-bond acceptors (Lipinski definition) is 0. The summed E-state index contributed by atoms with van der Waals surface area (Å²) < 4.78 is 0. The van der Waals surface area contributed by atoms with Gasteiger partial charge in [0.25, 0.3) is 0 Å². The third-order valence-electron chi connectivity index (χ3n) is 7.06. The Hall–Kier alpha value is -1.04. The molecule has 0 radical (unpaired) electrons. The SMILES string of the molecule is CC1=c2c(C)c(C)c(C)c(C)c2=C(C)C2C1CC(C)C2C. The van der Waals surface area contributed by atoms with E-state index in [1.54, 1.807) is 21.6 Å². The molecular formula is C21H30. The van der Waals surface area contributed by atoms with Gasteiger partial charge in [0, 0.05) is 0 Å². The van der Waals surface area contributed by atoms with E-state index >= 15 is 0 Å². The molecule has 1 saturated carbocycles. The van der Waals surface area contributed by atoms with Crippen molar-refractivity contribution in [2.75, 3.05) is 0 Å². The molecule has 114 valence electrons. The summed E-state index contributed by atoms with van der Waals surface area (Å²) >= 11 is 0. The van der Waals surface area contributed by atoms with Crippen LogP contribution in [0, 0.1) is 51.4 Å². The van der Waals surface area contributed by atoms with Crippen LogP contribution in [0.3, 0.4) is 0 Å². The molecule has 21 heavy (non-hydrogen) atoms. The van der Waals surface area contributed by atoms with Crippen molar-refractivity contribution < 1.29 is 0 Å². The van der Waals surface area contributed by atoms with Crippen molar-refractivity contribution >= 4 is 11.1 Å². The smallest absolute Gasteiger partial charge is 0.0102 e. The summed E-state index contributed by atoms with van der Waals surface area (Å²) in [5.74, 6) is 3.22. The van der Waals surface area contributed by atoms with Gasteiger partial charge in [-0.2, -0.15) is 0 Å². The molecule has 1 fully saturated rings. The lowest BCUT2D eigenvalue weighted by atomic mass is 9.73. The fourth-order valence-corrected chi connectivity index (χ4v) is 5.27. The highest BCUT2D eigenvalue weighted by Crippen LogP contribution is 2.49. The van der Waals surface area contributed by atoms with Crippen molar-refractivity contribution in [1.82, 2.24) is 0 Å². The molecular weight excluding hydrogens is 252 g/mol. The summed E-state index contributed by atoms with van der Waals surface area (Å²) in [6, 6.07) is 0. The average Bonchev–Trinajstić information content (AvgIpc) is 2.74. The number of rotatable bonds is 0. The van der Waals surface area contributed by atoms with Crippen LogP contribution in [-0.4, -0.2) is 0 Å². The molecule has 0 spiro atoms. The molecule has 4 unspecified atom stereocenters. The van der Waals surface area contributed by atoms with Gasteiger partial charge in [-0.15, -0.1) is 0 Å². The maximum Gasteiger partial charge on any atom is -0.0102 e. The Labute approximate surface area is 130 Å². The van der Waals surface area contributed by atoms with Crippen LogP contribution < -0.4 is 10.4 Å². The second kappa shape index (κ2) is 4.73. The van der Waals surface area contributed by atoms with Crippen molar-refractivity contribution in [3.8, 4) is 0 Å². The molecule has 0 amide bonds. The lowest BCUT2D eigenvalue weighted by Gasteiger charge is -2.31. The minimum Gasteiger partial charge on any atom is -0.0622 e. The largest absolute Gasteiger partial charge is 0.0622 e. The highest BCUT2D eigenvalue weighted by Gasteiger charge is 2.42. The van der Waals surface area contributed by atoms with Crippen LogP contribution in [0.15, 0.2) is 0 Å². The van der Waals surface area contributed by atoms with Crippen molar-refractivity contribution in [3.63, 3.8) is 0 Å². The number of fused-ring (bicyclic) bond motifs is 2. The van der Waals surface area contributed by atoms with E-state index in [9.17, 15) is 0 Å². The normalized spacial score (nSPS) is 31.4. The molecule has 3 rings (SSSR count). The van der Waals surface area contributed by atoms with Gasteiger partial charge in [0.2, 0.25) is 0 Å². The third-order valence-corrected chi connectivity index (χ3v) is 7.06. The van der Waals surface area contributed by atoms with Gasteiger partial charge in [-0.3, -0.25) is 0 Å². The lowest BCUT2D eigenvalue weighted by molar-refractivity contribution is 0.402. The molecule has 2 aliphatic carbocycles. The van der Waals surface area contributed by atoms with E-state index in [0.29, 0.717) is 0 Å². The van der Waals surface area contributed by atoms with Crippen LogP contribution >= 0.6 is 0 Å². The molecule has 0 nitrogen and oxygen atoms in total. The number of benzene rings is 1. The molecule has 0 N–H and O–H groups in total. The van der Waals surface area contributed by atoms with Gasteiger partial charge in [-0.1, -0.05) is 25.0 Å². The van der Waals surface area contributed by atoms with Crippen LogP contribution in [-0.2, 0) is 0 Å². The zero-order valence-corrected chi connectivity index (χ0v) is 15.0. The molecule has 4 atom stereocenters. The van der Waals surface area contributed by atoms with Crippen LogP contribution in [0.4, 0.5) is 0 Å². The summed E-state index contributed by atoms with van der Waals surface area (Å²) in [6.07, 6.45) is 1.37. The van der Waals surface area contributed by atoms with Crippen LogP contribution in [0.1, 0.15) is 56.4 Å². The Morgan fingerprint density at radius 2 is 1.14 bits per heavy atom. The molecule has 0 saturated heterocycles. The summed E-state index contributed by atoms with van der Waals surface area (Å²) in [4.78, 5) is 0. The first kappa shape index (κ1) is 14.9. The van der Waals surface area contributed by atoms with Crippen molar-refractivity contribution in [2.45, 2.75) is 61.8 Å². The fourth-order valence-electron chi connectivity index (χ4n) is 5.27. The first-order valence-electron chi connectivity index (χ1n) is 8.55. The van der Waals surface area contributed by atoms with Gasteiger partial charge in [-0.25, -0.2) is 0 Å². The average molecular weight is 282 g/mol. The second-order valence-electron chi connectivity index (χ2n) is 7.82. The maximum absolute atomic E-state index is 2.47. The van der Waals surface area contributed by atoms with E-state index in [0.717, 1.165) is 23.7 Å². The number of hydrogen-bond donors (Lipinski definition) is 0. The molecule has 0 aliphatic heterocycles. The molecule has 0 aromatic heterocycles. The standard InChI is InChI=1S/C21H30/c1-10-9-18-16(7)20-14(5)12(3)13(4)15(6)21(20)17(8)19(18)11(10)2/h10-11,18-19H,9H2,1-8H3. The summed E-state index contributed by atoms with van der Waals surface area (Å²) in [6.45, 7) is 19.0. The van der Waals surface area contributed by atoms with Crippen molar-refractivity contribution in [1.29, 1.82) is 0 Å². The second-order valence-corrected chi connectivity index (χ2v) is 7.82. The lowest BCUT2D eigenvalue weighted by Crippen LogP contribution is -2.42. The highest BCUT2D eigenvalue weighted by atomic mass is 14.5. The molecule has 0 heterocycles. The minimum atomic E-state index is 0.771. The van der Waals surface area contributed by atoms with Crippen molar-refractivity contribution in [2.24, 2.45) is 23.7 Å². The third kappa shape index (κ3) is 1.81. The maximum atomic E-state index is 2.47. The van der Waals surface area contributed by atoms with Gasteiger partial charge in [0.1, 0.15) is 0 Å². The van der Waals surface area contributed by atoms with Crippen LogP contribution in [0.5, 0.6) is 0 Å². The van der Waals surface area contributed by atoms with Gasteiger partial charge >= 0.3 is 0 Å². The zero-order valence-electron chi connectivity index (χ0n) is 15.0. The Bertz CT molecular complexity index is 733. The molecule has 0 bridgehead atoms. The highest BCUT2D eigenvalue weighted by molar-refractivity contribution is 5.65. The molecule has 1 aromatic carbocycles. The Kier molecular flexibility index (Phi) is 3.35. The van der Waals surface area contributed by atoms with E-state index in [-0.39, 0.29) is 0 Å². The summed E-state index contributed by atoms with van der Waals surface area (Å²) in [5, 5.41) is 3.19. The monoisotopic (exact) mass is 282 g/mol. The first-order chi connectivity index (χ1) is 9.77. The van der Waals surface area contributed by atoms with Crippen molar-refractivity contribution in [3.05, 3.63) is 32.7 Å². The Morgan fingerprint density at radius 3 is 1.67 bits per heavy atom. The molecule has 2 aliphatic rings. The van der Waals surface area contributed by atoms with E-state index in [4.69, 9.17) is 0 Å². The summed E-state index contributed by atoms with van der Waals surface area (Å²) in [5.41, 5.74) is 9.37. The zero-order chi connectivity index (χ0) is 15.6.